The maximum absolute atomic E-state index is 12.4. The fraction of sp³-hybridized carbons (Fsp3) is 0.647. The zero-order valence-corrected chi connectivity index (χ0v) is 13.6. The molecule has 1 aliphatic carbocycles. The average molecular weight is 318 g/mol. The molecule has 126 valence electrons. The molecule has 6 heteroatoms. The van der Waals surface area contributed by atoms with Crippen molar-refractivity contribution in [2.45, 2.75) is 44.6 Å². The Hall–Kier alpha value is -1.82. The van der Waals surface area contributed by atoms with Gasteiger partial charge in [-0.15, -0.1) is 0 Å². The number of hydrogen-bond donors (Lipinski definition) is 2. The first-order valence-corrected chi connectivity index (χ1v) is 8.67. The van der Waals surface area contributed by atoms with Crippen molar-refractivity contribution in [3.8, 4) is 0 Å². The van der Waals surface area contributed by atoms with Crippen LogP contribution >= 0.6 is 0 Å². The fourth-order valence-electron chi connectivity index (χ4n) is 3.02. The van der Waals surface area contributed by atoms with Crippen molar-refractivity contribution in [3.05, 3.63) is 18.3 Å². The van der Waals surface area contributed by atoms with E-state index >= 15 is 0 Å². The highest BCUT2D eigenvalue weighted by atomic mass is 16.3. The average Bonchev–Trinajstić information content (AvgIpc) is 3.25. The first-order valence-electron chi connectivity index (χ1n) is 8.67. The number of aliphatic hydroxyl groups excluding tert-OH is 1. The third-order valence-electron chi connectivity index (χ3n) is 4.48. The van der Waals surface area contributed by atoms with E-state index in [4.69, 9.17) is 5.11 Å². The third kappa shape index (κ3) is 4.34. The number of aromatic nitrogens is 1. The van der Waals surface area contributed by atoms with E-state index in [0.29, 0.717) is 12.6 Å². The van der Waals surface area contributed by atoms with E-state index in [2.05, 4.69) is 15.2 Å². The van der Waals surface area contributed by atoms with Crippen LogP contribution < -0.4 is 10.2 Å². The minimum absolute atomic E-state index is 0.0545. The zero-order chi connectivity index (χ0) is 16.1. The molecule has 2 heterocycles. The van der Waals surface area contributed by atoms with Gasteiger partial charge < -0.3 is 20.2 Å². The molecule has 0 bridgehead atoms. The van der Waals surface area contributed by atoms with Crippen molar-refractivity contribution in [2.24, 2.45) is 0 Å². The molecule has 2 fully saturated rings. The van der Waals surface area contributed by atoms with Gasteiger partial charge in [0.25, 0.3) is 0 Å². The lowest BCUT2D eigenvalue weighted by Gasteiger charge is -2.23. The minimum atomic E-state index is -0.0545. The molecule has 2 amide bonds. The number of nitrogens with zero attached hydrogens (tertiary/aromatic N) is 3. The van der Waals surface area contributed by atoms with E-state index < -0.39 is 0 Å². The smallest absolute Gasteiger partial charge is 0.322 e. The summed E-state index contributed by atoms with van der Waals surface area (Å²) >= 11 is 0. The highest BCUT2D eigenvalue weighted by molar-refractivity contribution is 5.89. The van der Waals surface area contributed by atoms with Gasteiger partial charge in [-0.05, 0) is 50.7 Å². The van der Waals surface area contributed by atoms with Gasteiger partial charge in [0, 0.05) is 32.3 Å². The van der Waals surface area contributed by atoms with Gasteiger partial charge in [0.15, 0.2) is 0 Å². The van der Waals surface area contributed by atoms with Crippen LogP contribution in [0.2, 0.25) is 0 Å². The van der Waals surface area contributed by atoms with Crippen LogP contribution in [0.3, 0.4) is 0 Å². The van der Waals surface area contributed by atoms with Crippen molar-refractivity contribution in [2.75, 3.05) is 36.5 Å². The predicted molar refractivity (Wildman–Crippen MR) is 90.8 cm³/mol. The number of rotatable bonds is 7. The largest absolute Gasteiger partial charge is 0.396 e. The van der Waals surface area contributed by atoms with Gasteiger partial charge in [0.1, 0.15) is 5.82 Å². The maximum atomic E-state index is 12.4. The van der Waals surface area contributed by atoms with E-state index in [1.165, 1.54) is 12.8 Å². The lowest BCUT2D eigenvalue weighted by Crippen LogP contribution is -2.37. The number of hydrogen-bond acceptors (Lipinski definition) is 4. The summed E-state index contributed by atoms with van der Waals surface area (Å²) in [5.41, 5.74) is 0.741. The van der Waals surface area contributed by atoms with E-state index in [9.17, 15) is 4.79 Å². The first kappa shape index (κ1) is 16.1. The van der Waals surface area contributed by atoms with E-state index in [1.54, 1.807) is 6.20 Å². The van der Waals surface area contributed by atoms with Crippen LogP contribution in [-0.4, -0.2) is 53.3 Å². The van der Waals surface area contributed by atoms with Gasteiger partial charge in [0.05, 0.1) is 11.9 Å². The van der Waals surface area contributed by atoms with Crippen LogP contribution in [-0.2, 0) is 0 Å². The number of anilines is 2. The number of carbonyl (C=O) groups excluding carboxylic acids is 1. The Bertz CT molecular complexity index is 510. The molecule has 2 aliphatic rings. The van der Waals surface area contributed by atoms with Gasteiger partial charge >= 0.3 is 6.03 Å². The molecular formula is C17H26N4O2. The molecule has 0 radical (unpaired) electrons. The molecular weight excluding hydrogens is 292 g/mol. The lowest BCUT2D eigenvalue weighted by molar-refractivity contribution is 0.204. The lowest BCUT2D eigenvalue weighted by atomic mass is 10.3. The Morgan fingerprint density at radius 1 is 1.30 bits per heavy atom. The molecule has 1 aromatic heterocycles. The summed E-state index contributed by atoms with van der Waals surface area (Å²) in [6, 6.07) is 4.22. The number of nitrogens with one attached hydrogen (secondary N) is 1. The molecule has 0 aromatic carbocycles. The Labute approximate surface area is 137 Å². The second-order valence-corrected chi connectivity index (χ2v) is 6.38. The van der Waals surface area contributed by atoms with E-state index in [0.717, 1.165) is 50.3 Å². The van der Waals surface area contributed by atoms with Crippen molar-refractivity contribution in [1.82, 2.24) is 9.88 Å². The Morgan fingerprint density at radius 2 is 2.09 bits per heavy atom. The van der Waals surface area contributed by atoms with Gasteiger partial charge in [-0.3, -0.25) is 0 Å². The molecule has 0 atom stereocenters. The monoisotopic (exact) mass is 318 g/mol. The minimum Gasteiger partial charge on any atom is -0.396 e. The van der Waals surface area contributed by atoms with Gasteiger partial charge in [-0.25, -0.2) is 9.78 Å². The van der Waals surface area contributed by atoms with Crippen molar-refractivity contribution >= 4 is 17.5 Å². The molecule has 2 N–H and O–H groups in total. The number of carbonyl (C=O) groups is 1. The molecule has 6 nitrogen and oxygen atoms in total. The summed E-state index contributed by atoms with van der Waals surface area (Å²) < 4.78 is 0. The van der Waals surface area contributed by atoms with Crippen molar-refractivity contribution in [3.63, 3.8) is 0 Å². The van der Waals surface area contributed by atoms with Crippen LogP contribution in [0, 0.1) is 0 Å². The topological polar surface area (TPSA) is 68.7 Å². The zero-order valence-electron chi connectivity index (χ0n) is 13.6. The molecule has 1 saturated carbocycles. The van der Waals surface area contributed by atoms with E-state index in [-0.39, 0.29) is 12.6 Å². The summed E-state index contributed by atoms with van der Waals surface area (Å²) in [6.45, 7) is 3.02. The third-order valence-corrected chi connectivity index (χ3v) is 4.48. The quantitative estimate of drug-likeness (QED) is 0.758. The van der Waals surface area contributed by atoms with Gasteiger partial charge in [-0.2, -0.15) is 0 Å². The van der Waals surface area contributed by atoms with Crippen LogP contribution in [0.5, 0.6) is 0 Å². The SMILES string of the molecule is O=C(Nc1ccc(N2CCCC2)nc1)N(CCCCO)C1CC1. The highest BCUT2D eigenvalue weighted by Gasteiger charge is 2.32. The number of pyridine rings is 1. The summed E-state index contributed by atoms with van der Waals surface area (Å²) in [5, 5.41) is 11.8. The molecule has 3 rings (SSSR count). The molecule has 0 spiro atoms. The van der Waals surface area contributed by atoms with Crippen LogP contribution in [0.15, 0.2) is 18.3 Å². The number of urea groups is 1. The van der Waals surface area contributed by atoms with Crippen molar-refractivity contribution < 1.29 is 9.90 Å². The summed E-state index contributed by atoms with van der Waals surface area (Å²) in [5.74, 6) is 0.988. The standard InChI is InChI=1S/C17H26N4O2/c22-12-4-3-11-21(15-6-7-15)17(23)19-14-5-8-16(18-13-14)20-9-1-2-10-20/h5,8,13,15,22H,1-4,6-7,9-12H2,(H,19,23). The Morgan fingerprint density at radius 3 is 2.70 bits per heavy atom. The predicted octanol–water partition coefficient (Wildman–Crippen LogP) is 2.45. The summed E-state index contributed by atoms with van der Waals surface area (Å²) in [6.07, 6.45) is 7.94. The number of unbranched alkanes of at least 4 members (excludes halogenated alkanes) is 1. The van der Waals surface area contributed by atoms with Crippen LogP contribution in [0.4, 0.5) is 16.3 Å². The van der Waals surface area contributed by atoms with Crippen LogP contribution in [0.1, 0.15) is 38.5 Å². The molecule has 0 unspecified atom stereocenters. The molecule has 1 saturated heterocycles. The fourth-order valence-corrected chi connectivity index (χ4v) is 3.02. The number of aliphatic hydroxyl groups is 1. The highest BCUT2D eigenvalue weighted by Crippen LogP contribution is 2.28. The molecule has 1 aliphatic heterocycles. The van der Waals surface area contributed by atoms with E-state index in [1.807, 2.05) is 17.0 Å². The Kier molecular flexibility index (Phi) is 5.33. The summed E-state index contributed by atoms with van der Waals surface area (Å²) in [4.78, 5) is 21.1. The van der Waals surface area contributed by atoms with Gasteiger partial charge in [0.2, 0.25) is 0 Å². The first-order chi connectivity index (χ1) is 11.3. The summed E-state index contributed by atoms with van der Waals surface area (Å²) in [7, 11) is 0. The normalized spacial score (nSPS) is 17.3. The second kappa shape index (κ2) is 7.64. The molecule has 23 heavy (non-hydrogen) atoms. The number of amides is 2. The van der Waals surface area contributed by atoms with Gasteiger partial charge in [-0.1, -0.05) is 0 Å². The maximum Gasteiger partial charge on any atom is 0.322 e. The second-order valence-electron chi connectivity index (χ2n) is 6.38. The Balaban J connectivity index is 1.55. The van der Waals surface area contributed by atoms with Crippen LogP contribution in [0.25, 0.3) is 0 Å². The van der Waals surface area contributed by atoms with Crippen molar-refractivity contribution in [1.29, 1.82) is 0 Å². The molecule has 1 aromatic rings.